The lowest BCUT2D eigenvalue weighted by atomic mass is 10.0. The molecule has 134 valence electrons. The lowest BCUT2D eigenvalue weighted by Gasteiger charge is -2.24. The molecular weight excluding hydrogens is 314 g/mol. The fourth-order valence-electron chi connectivity index (χ4n) is 3.57. The Bertz CT molecular complexity index is 694. The van der Waals surface area contributed by atoms with E-state index in [0.717, 1.165) is 37.2 Å². The number of anilines is 3. The van der Waals surface area contributed by atoms with Crippen molar-refractivity contribution in [2.45, 2.75) is 38.0 Å². The Hall–Kier alpha value is -2.15. The zero-order valence-electron chi connectivity index (χ0n) is 14.8. The van der Waals surface area contributed by atoms with Gasteiger partial charge in [-0.25, -0.2) is 4.98 Å². The SMILES string of the molecule is CNC[C@H]1CCCCN(c2nccc(Nc3cc(C4CC4)[nH]n3)n2)C1. The van der Waals surface area contributed by atoms with Gasteiger partial charge in [-0.05, 0) is 51.3 Å². The van der Waals surface area contributed by atoms with Crippen molar-refractivity contribution >= 4 is 17.6 Å². The highest BCUT2D eigenvalue weighted by Crippen LogP contribution is 2.39. The maximum Gasteiger partial charge on any atom is 0.227 e. The quantitative estimate of drug-likeness (QED) is 0.749. The van der Waals surface area contributed by atoms with E-state index in [-0.39, 0.29) is 0 Å². The highest BCUT2D eigenvalue weighted by atomic mass is 15.3. The smallest absolute Gasteiger partial charge is 0.227 e. The van der Waals surface area contributed by atoms with Crippen LogP contribution in [-0.4, -0.2) is 46.8 Å². The highest BCUT2D eigenvalue weighted by Gasteiger charge is 2.25. The van der Waals surface area contributed by atoms with E-state index in [9.17, 15) is 0 Å². The van der Waals surface area contributed by atoms with E-state index in [0.29, 0.717) is 11.8 Å². The van der Waals surface area contributed by atoms with Gasteiger partial charge in [0, 0.05) is 37.0 Å². The molecule has 3 heterocycles. The molecule has 1 atom stereocenters. The first-order chi connectivity index (χ1) is 12.3. The Morgan fingerprint density at radius 3 is 3.00 bits per heavy atom. The molecule has 3 N–H and O–H groups in total. The number of hydrogen-bond acceptors (Lipinski definition) is 6. The number of H-pyrrole nitrogens is 1. The standard InChI is InChI=1S/C18H27N7/c1-19-11-13-4-2-3-9-25(12-13)18-20-8-7-16(22-18)21-17-10-15(23-24-17)14-5-6-14/h7-8,10,13-14,19H,2-6,9,11-12H2,1H3,(H2,20,21,22,23,24)/t13-/m1/s1. The first-order valence-electron chi connectivity index (χ1n) is 9.37. The zero-order valence-corrected chi connectivity index (χ0v) is 14.8. The molecule has 2 aromatic rings. The van der Waals surface area contributed by atoms with Gasteiger partial charge < -0.3 is 15.5 Å². The molecule has 0 unspecified atom stereocenters. The molecule has 4 rings (SSSR count). The summed E-state index contributed by atoms with van der Waals surface area (Å²) in [4.78, 5) is 11.6. The summed E-state index contributed by atoms with van der Waals surface area (Å²) >= 11 is 0. The number of hydrogen-bond donors (Lipinski definition) is 3. The maximum atomic E-state index is 4.73. The second kappa shape index (κ2) is 7.39. The zero-order chi connectivity index (χ0) is 17.1. The average molecular weight is 341 g/mol. The fourth-order valence-corrected chi connectivity index (χ4v) is 3.57. The van der Waals surface area contributed by atoms with Crippen LogP contribution in [-0.2, 0) is 0 Å². The van der Waals surface area contributed by atoms with Crippen molar-refractivity contribution in [3.63, 3.8) is 0 Å². The molecule has 7 heteroatoms. The van der Waals surface area contributed by atoms with Crippen LogP contribution in [0.2, 0.25) is 0 Å². The predicted molar refractivity (Wildman–Crippen MR) is 99.4 cm³/mol. The normalized spacial score (nSPS) is 21.2. The molecule has 1 saturated heterocycles. The summed E-state index contributed by atoms with van der Waals surface area (Å²) in [5.74, 6) is 3.76. The maximum absolute atomic E-state index is 4.73. The summed E-state index contributed by atoms with van der Waals surface area (Å²) in [5, 5.41) is 14.1. The van der Waals surface area contributed by atoms with Gasteiger partial charge >= 0.3 is 0 Å². The third-order valence-corrected chi connectivity index (χ3v) is 5.06. The van der Waals surface area contributed by atoms with E-state index >= 15 is 0 Å². The third-order valence-electron chi connectivity index (χ3n) is 5.06. The van der Waals surface area contributed by atoms with Crippen LogP contribution >= 0.6 is 0 Å². The number of nitrogens with zero attached hydrogens (tertiary/aromatic N) is 4. The van der Waals surface area contributed by atoms with Crippen LogP contribution in [0.5, 0.6) is 0 Å². The summed E-state index contributed by atoms with van der Waals surface area (Å²) < 4.78 is 0. The third kappa shape index (κ3) is 4.10. The highest BCUT2D eigenvalue weighted by molar-refractivity contribution is 5.53. The molecule has 1 saturated carbocycles. The molecule has 0 aromatic carbocycles. The molecule has 25 heavy (non-hydrogen) atoms. The summed E-state index contributed by atoms with van der Waals surface area (Å²) in [5.41, 5.74) is 1.22. The molecule has 1 aliphatic carbocycles. The molecule has 7 nitrogen and oxygen atoms in total. The van der Waals surface area contributed by atoms with Crippen molar-refractivity contribution in [2.24, 2.45) is 5.92 Å². The largest absolute Gasteiger partial charge is 0.340 e. The Morgan fingerprint density at radius 2 is 2.16 bits per heavy atom. The fraction of sp³-hybridized carbons (Fsp3) is 0.611. The van der Waals surface area contributed by atoms with Crippen LogP contribution in [0.25, 0.3) is 0 Å². The number of aromatic amines is 1. The summed E-state index contributed by atoms with van der Waals surface area (Å²) in [7, 11) is 2.02. The van der Waals surface area contributed by atoms with Crippen LogP contribution in [0.1, 0.15) is 43.7 Å². The molecular formula is C18H27N7. The molecule has 1 aliphatic heterocycles. The Labute approximate surface area is 148 Å². The second-order valence-electron chi connectivity index (χ2n) is 7.22. The molecule has 2 aliphatic rings. The molecule has 0 spiro atoms. The van der Waals surface area contributed by atoms with E-state index < -0.39 is 0 Å². The summed E-state index contributed by atoms with van der Waals surface area (Å²) in [6.45, 7) is 3.09. The number of aromatic nitrogens is 4. The van der Waals surface area contributed by atoms with Gasteiger partial charge in [0.25, 0.3) is 0 Å². The number of rotatable bonds is 6. The molecule has 2 aromatic heterocycles. The van der Waals surface area contributed by atoms with E-state index in [1.54, 1.807) is 0 Å². The topological polar surface area (TPSA) is 81.8 Å². The van der Waals surface area contributed by atoms with E-state index in [1.165, 1.54) is 37.8 Å². The lowest BCUT2D eigenvalue weighted by molar-refractivity contribution is 0.473. The van der Waals surface area contributed by atoms with Gasteiger partial charge in [-0.1, -0.05) is 6.42 Å². The van der Waals surface area contributed by atoms with Crippen LogP contribution < -0.4 is 15.5 Å². The summed E-state index contributed by atoms with van der Waals surface area (Å²) in [6, 6.07) is 3.99. The Balaban J connectivity index is 1.45. The molecule has 0 radical (unpaired) electrons. The summed E-state index contributed by atoms with van der Waals surface area (Å²) in [6.07, 6.45) is 8.11. The van der Waals surface area contributed by atoms with Gasteiger partial charge in [0.2, 0.25) is 5.95 Å². The van der Waals surface area contributed by atoms with Gasteiger partial charge in [-0.3, -0.25) is 5.10 Å². The Kier molecular flexibility index (Phi) is 4.83. The first-order valence-corrected chi connectivity index (χ1v) is 9.37. The molecule has 2 fully saturated rings. The van der Waals surface area contributed by atoms with Gasteiger partial charge in [0.1, 0.15) is 5.82 Å². The van der Waals surface area contributed by atoms with Crippen LogP contribution in [0.4, 0.5) is 17.6 Å². The van der Waals surface area contributed by atoms with Crippen molar-refractivity contribution in [3.05, 3.63) is 24.0 Å². The van der Waals surface area contributed by atoms with Crippen LogP contribution in [0, 0.1) is 5.92 Å². The van der Waals surface area contributed by atoms with Crippen molar-refractivity contribution in [1.29, 1.82) is 0 Å². The van der Waals surface area contributed by atoms with Crippen LogP contribution in [0.3, 0.4) is 0 Å². The van der Waals surface area contributed by atoms with Gasteiger partial charge in [-0.15, -0.1) is 0 Å². The van der Waals surface area contributed by atoms with E-state index in [4.69, 9.17) is 4.98 Å². The molecule has 0 bridgehead atoms. The minimum absolute atomic E-state index is 0.653. The lowest BCUT2D eigenvalue weighted by Crippen LogP contribution is -2.33. The van der Waals surface area contributed by atoms with Crippen molar-refractivity contribution in [1.82, 2.24) is 25.5 Å². The monoisotopic (exact) mass is 341 g/mol. The second-order valence-corrected chi connectivity index (χ2v) is 7.22. The van der Waals surface area contributed by atoms with Crippen molar-refractivity contribution < 1.29 is 0 Å². The molecule has 0 amide bonds. The minimum atomic E-state index is 0.653. The van der Waals surface area contributed by atoms with Crippen LogP contribution in [0.15, 0.2) is 18.3 Å². The Morgan fingerprint density at radius 1 is 1.24 bits per heavy atom. The average Bonchev–Trinajstić information content (AvgIpc) is 3.41. The first kappa shape index (κ1) is 16.3. The van der Waals surface area contributed by atoms with Crippen molar-refractivity contribution in [2.75, 3.05) is 36.9 Å². The van der Waals surface area contributed by atoms with Gasteiger partial charge in [0.15, 0.2) is 5.82 Å². The minimum Gasteiger partial charge on any atom is -0.340 e. The number of nitrogens with one attached hydrogen (secondary N) is 3. The van der Waals surface area contributed by atoms with Gasteiger partial charge in [-0.2, -0.15) is 10.1 Å². The predicted octanol–water partition coefficient (Wildman–Crippen LogP) is 2.65. The van der Waals surface area contributed by atoms with Crippen molar-refractivity contribution in [3.8, 4) is 0 Å². The van der Waals surface area contributed by atoms with E-state index in [1.807, 2.05) is 19.3 Å². The van der Waals surface area contributed by atoms with Gasteiger partial charge in [0.05, 0.1) is 0 Å². The van der Waals surface area contributed by atoms with E-state index in [2.05, 4.69) is 36.8 Å².